The van der Waals surface area contributed by atoms with E-state index in [1.807, 2.05) is 19.1 Å². The van der Waals surface area contributed by atoms with Gasteiger partial charge in [-0.3, -0.25) is 14.5 Å². The van der Waals surface area contributed by atoms with Crippen LogP contribution in [0.2, 0.25) is 0 Å². The number of hydrogen-bond donors (Lipinski definition) is 3. The molecule has 0 radical (unpaired) electrons. The number of aromatic hydroxyl groups is 1. The summed E-state index contributed by atoms with van der Waals surface area (Å²) >= 11 is 0. The van der Waals surface area contributed by atoms with Crippen molar-refractivity contribution in [3.63, 3.8) is 0 Å². The number of benzene rings is 3. The fourth-order valence-electron chi connectivity index (χ4n) is 4.04. The quantitative estimate of drug-likeness (QED) is 0.272. The second-order valence-electron chi connectivity index (χ2n) is 10.4. The molecule has 41 heavy (non-hydrogen) atoms. The molecule has 2 unspecified atom stereocenters. The molecule has 0 aliphatic carbocycles. The van der Waals surface area contributed by atoms with Crippen molar-refractivity contribution in [2.75, 3.05) is 5.32 Å². The largest absolute Gasteiger partial charge is 0.508 e. The molecule has 210 valence electrons. The number of hydrogen-bond acceptors (Lipinski definition) is 5. The monoisotopic (exact) mass is 551 g/mol. The normalized spacial score (nSPS) is 12.1. The summed E-state index contributed by atoms with van der Waals surface area (Å²) in [7, 11) is 0. The van der Waals surface area contributed by atoms with Crippen molar-refractivity contribution in [2.24, 2.45) is 0 Å². The molecule has 3 aromatic rings. The molecular formula is C33H33N3O5. The van der Waals surface area contributed by atoms with Gasteiger partial charge in [0, 0.05) is 23.7 Å². The first kappa shape index (κ1) is 30.3. The van der Waals surface area contributed by atoms with Crippen LogP contribution in [0.5, 0.6) is 5.75 Å². The standard InChI is InChI=1S/C33H33N3O5/c1-7-23-13-17-25(18-14-23)29(30(38)34-27-12-10-9-11-22(27)3)36(8-2)31(39)28(35-32(40)41-33(4,5)6)21-24-15-19-26(37)20-16-24/h1-2,9-20,28-29,37H,21H2,3-6H3,(H,34,38)(H,35,40). The van der Waals surface area contributed by atoms with Gasteiger partial charge in [-0.1, -0.05) is 54.8 Å². The van der Waals surface area contributed by atoms with E-state index in [4.69, 9.17) is 17.6 Å². The number of para-hydroxylation sites is 1. The molecule has 3 aromatic carbocycles. The predicted molar refractivity (Wildman–Crippen MR) is 158 cm³/mol. The lowest BCUT2D eigenvalue weighted by atomic mass is 9.99. The predicted octanol–water partition coefficient (Wildman–Crippen LogP) is 4.92. The van der Waals surface area contributed by atoms with Crippen LogP contribution in [0.15, 0.2) is 72.8 Å². The maximum Gasteiger partial charge on any atom is 0.408 e. The molecule has 0 aliphatic rings. The maximum absolute atomic E-state index is 14.1. The Kier molecular flexibility index (Phi) is 9.79. The van der Waals surface area contributed by atoms with Gasteiger partial charge in [-0.25, -0.2) is 4.79 Å². The number of nitrogens with zero attached hydrogens (tertiary/aromatic N) is 1. The molecule has 0 saturated heterocycles. The van der Waals surface area contributed by atoms with Crippen molar-refractivity contribution < 1.29 is 24.2 Å². The summed E-state index contributed by atoms with van der Waals surface area (Å²) < 4.78 is 5.39. The average molecular weight is 552 g/mol. The zero-order chi connectivity index (χ0) is 30.2. The maximum atomic E-state index is 14.1. The average Bonchev–Trinajstić information content (AvgIpc) is 2.92. The topological polar surface area (TPSA) is 108 Å². The van der Waals surface area contributed by atoms with Crippen LogP contribution in [0, 0.1) is 31.7 Å². The summed E-state index contributed by atoms with van der Waals surface area (Å²) in [5.74, 6) is 1.30. The molecule has 8 nitrogen and oxygen atoms in total. The van der Waals surface area contributed by atoms with E-state index in [0.29, 0.717) is 22.4 Å². The second kappa shape index (κ2) is 13.2. The number of carbonyl (C=O) groups is 3. The second-order valence-corrected chi connectivity index (χ2v) is 10.4. The third-order valence-electron chi connectivity index (χ3n) is 6.04. The number of amides is 3. The minimum Gasteiger partial charge on any atom is -0.508 e. The fraction of sp³-hybridized carbons (Fsp3) is 0.242. The molecule has 0 aliphatic heterocycles. The van der Waals surface area contributed by atoms with E-state index in [-0.39, 0.29) is 12.2 Å². The van der Waals surface area contributed by atoms with E-state index in [0.717, 1.165) is 10.5 Å². The van der Waals surface area contributed by atoms with Crippen LogP contribution in [-0.4, -0.2) is 39.6 Å². The van der Waals surface area contributed by atoms with Crippen molar-refractivity contribution >= 4 is 23.6 Å². The Morgan fingerprint density at radius 3 is 2.17 bits per heavy atom. The SMILES string of the molecule is C#Cc1ccc(C(C(=O)Nc2ccccc2C)N(C#C)C(=O)C(Cc2ccc(O)cc2)NC(=O)OC(C)(C)C)cc1. The number of ether oxygens (including phenoxy) is 1. The molecule has 2 atom stereocenters. The number of carbonyl (C=O) groups excluding carboxylic acids is 3. The minimum atomic E-state index is -1.26. The zero-order valence-electron chi connectivity index (χ0n) is 23.5. The molecule has 3 N–H and O–H groups in total. The Bertz CT molecular complexity index is 1480. The lowest BCUT2D eigenvalue weighted by Gasteiger charge is -2.30. The van der Waals surface area contributed by atoms with Crippen LogP contribution in [-0.2, 0) is 20.7 Å². The highest BCUT2D eigenvalue weighted by molar-refractivity contribution is 6.00. The Balaban J connectivity index is 2.03. The Morgan fingerprint density at radius 2 is 1.61 bits per heavy atom. The molecule has 0 heterocycles. The Morgan fingerprint density at radius 1 is 0.976 bits per heavy atom. The van der Waals surface area contributed by atoms with Gasteiger partial charge in [-0.2, -0.15) is 0 Å². The van der Waals surface area contributed by atoms with Gasteiger partial charge in [-0.15, -0.1) is 6.42 Å². The lowest BCUT2D eigenvalue weighted by Crippen LogP contribution is -2.51. The van der Waals surface area contributed by atoms with Crippen molar-refractivity contribution in [3.8, 4) is 30.6 Å². The number of anilines is 1. The zero-order valence-corrected chi connectivity index (χ0v) is 23.5. The number of phenols is 1. The van der Waals surface area contributed by atoms with Crippen molar-refractivity contribution in [1.82, 2.24) is 10.2 Å². The van der Waals surface area contributed by atoms with Crippen molar-refractivity contribution in [3.05, 3.63) is 95.1 Å². The number of phenolic OH excluding ortho intramolecular Hbond substituents is 1. The summed E-state index contributed by atoms with van der Waals surface area (Å²) in [6, 6.07) is 19.8. The highest BCUT2D eigenvalue weighted by atomic mass is 16.6. The van der Waals surface area contributed by atoms with Gasteiger partial charge in [0.25, 0.3) is 11.8 Å². The van der Waals surface area contributed by atoms with E-state index in [9.17, 15) is 19.5 Å². The van der Waals surface area contributed by atoms with Crippen LogP contribution >= 0.6 is 0 Å². The van der Waals surface area contributed by atoms with Crippen LogP contribution in [0.25, 0.3) is 0 Å². The van der Waals surface area contributed by atoms with E-state index < -0.39 is 35.6 Å². The molecule has 3 amide bonds. The molecule has 3 rings (SSSR count). The summed E-state index contributed by atoms with van der Waals surface area (Å²) in [4.78, 5) is 41.5. The summed E-state index contributed by atoms with van der Waals surface area (Å²) in [5.41, 5.74) is 2.19. The molecular weight excluding hydrogens is 518 g/mol. The molecule has 0 bridgehead atoms. The van der Waals surface area contributed by atoms with E-state index in [1.54, 1.807) is 69.3 Å². The highest BCUT2D eigenvalue weighted by Gasteiger charge is 2.36. The molecule has 0 spiro atoms. The van der Waals surface area contributed by atoms with Gasteiger partial charge in [-0.05, 0) is 74.7 Å². The van der Waals surface area contributed by atoms with Gasteiger partial charge >= 0.3 is 6.09 Å². The van der Waals surface area contributed by atoms with Crippen LogP contribution in [0.3, 0.4) is 0 Å². The van der Waals surface area contributed by atoms with E-state index in [1.165, 1.54) is 12.1 Å². The van der Waals surface area contributed by atoms with Crippen molar-refractivity contribution in [2.45, 2.75) is 51.8 Å². The van der Waals surface area contributed by atoms with Crippen LogP contribution in [0.1, 0.15) is 49.1 Å². The van der Waals surface area contributed by atoms with Crippen LogP contribution in [0.4, 0.5) is 10.5 Å². The number of nitrogens with one attached hydrogen (secondary N) is 2. The fourth-order valence-corrected chi connectivity index (χ4v) is 4.04. The first-order chi connectivity index (χ1) is 19.4. The lowest BCUT2D eigenvalue weighted by molar-refractivity contribution is -0.136. The molecule has 0 fully saturated rings. The Hall–Kier alpha value is -5.21. The third-order valence-corrected chi connectivity index (χ3v) is 6.04. The van der Waals surface area contributed by atoms with Crippen molar-refractivity contribution in [1.29, 1.82) is 0 Å². The number of alkyl carbamates (subject to hydrolysis) is 1. The number of terminal acetylenes is 2. The minimum absolute atomic E-state index is 0.0126. The molecule has 8 heteroatoms. The van der Waals surface area contributed by atoms with Gasteiger partial charge in [0.05, 0.1) is 0 Å². The van der Waals surface area contributed by atoms with E-state index >= 15 is 0 Å². The third kappa shape index (κ3) is 8.39. The van der Waals surface area contributed by atoms with Gasteiger partial charge in [0.2, 0.25) is 0 Å². The van der Waals surface area contributed by atoms with E-state index in [2.05, 4.69) is 22.6 Å². The number of aryl methyl sites for hydroxylation is 1. The molecule has 0 saturated carbocycles. The Labute approximate surface area is 240 Å². The summed E-state index contributed by atoms with van der Waals surface area (Å²) in [6.45, 7) is 6.93. The first-order valence-electron chi connectivity index (χ1n) is 12.9. The number of rotatable bonds is 8. The smallest absolute Gasteiger partial charge is 0.408 e. The van der Waals surface area contributed by atoms with Gasteiger partial charge in [0.15, 0.2) is 0 Å². The molecule has 0 aromatic heterocycles. The summed E-state index contributed by atoms with van der Waals surface area (Å²) in [6.07, 6.45) is 10.6. The highest BCUT2D eigenvalue weighted by Crippen LogP contribution is 2.26. The first-order valence-corrected chi connectivity index (χ1v) is 12.9. The van der Waals surface area contributed by atoms with Gasteiger partial charge < -0.3 is 20.5 Å². The van der Waals surface area contributed by atoms with Crippen LogP contribution < -0.4 is 10.6 Å². The summed E-state index contributed by atoms with van der Waals surface area (Å²) in [5, 5.41) is 15.2. The van der Waals surface area contributed by atoms with Gasteiger partial charge in [0.1, 0.15) is 23.4 Å².